The molecule has 0 unspecified atom stereocenters. The van der Waals surface area contributed by atoms with Crippen LogP contribution in [-0.2, 0) is 17.8 Å². The molecule has 0 bridgehead atoms. The number of unbranched alkanes of at least 4 members (excludes halogenated alkanes) is 2. The van der Waals surface area contributed by atoms with Crippen LogP contribution in [0.15, 0.2) is 54.7 Å². The van der Waals surface area contributed by atoms with Gasteiger partial charge in [-0.15, -0.1) is 11.3 Å². The number of likely N-dealkylation sites (tertiary alicyclic amines) is 1. The van der Waals surface area contributed by atoms with Gasteiger partial charge in [0.2, 0.25) is 0 Å². The number of carboxylic acid groups (broad SMARTS) is 1. The smallest absolute Gasteiger partial charge is 0.309 e. The average Bonchev–Trinajstić information content (AvgIpc) is 3.21. The Hall–Kier alpha value is -2.50. The van der Waals surface area contributed by atoms with Crippen molar-refractivity contribution in [3.8, 4) is 21.0 Å². The molecule has 2 aromatic carbocycles. The second-order valence-corrected chi connectivity index (χ2v) is 9.14. The van der Waals surface area contributed by atoms with Crippen molar-refractivity contribution in [3.63, 3.8) is 0 Å². The highest BCUT2D eigenvalue weighted by atomic mass is 32.1. The Kier molecular flexibility index (Phi) is 6.60. The van der Waals surface area contributed by atoms with Gasteiger partial charge in [0, 0.05) is 31.4 Å². The Morgan fingerprint density at radius 3 is 2.37 bits per heavy atom. The number of nitrogens with zero attached hydrogens (tertiary/aromatic N) is 2. The number of hydrogen-bond donors (Lipinski definition) is 1. The minimum atomic E-state index is -0.688. The third kappa shape index (κ3) is 4.97. The number of carbonyl (C=O) groups is 1. The van der Waals surface area contributed by atoms with Crippen molar-refractivity contribution in [1.29, 1.82) is 0 Å². The molecule has 1 saturated heterocycles. The molecule has 4 rings (SSSR count). The average molecular weight is 421 g/mol. The Balaban J connectivity index is 1.36. The van der Waals surface area contributed by atoms with Gasteiger partial charge in [-0.3, -0.25) is 9.69 Å². The summed E-state index contributed by atoms with van der Waals surface area (Å²) in [5, 5.41) is 10.0. The van der Waals surface area contributed by atoms with Crippen molar-refractivity contribution in [3.05, 3.63) is 65.9 Å². The molecule has 3 aromatic rings. The van der Waals surface area contributed by atoms with Crippen LogP contribution in [0.25, 0.3) is 21.0 Å². The molecule has 4 nitrogen and oxygen atoms in total. The molecule has 1 aliphatic heterocycles. The summed E-state index contributed by atoms with van der Waals surface area (Å²) in [6, 6.07) is 17.4. The summed E-state index contributed by atoms with van der Waals surface area (Å²) in [4.78, 5) is 18.9. The standard InChI is InChI=1S/C25H28N2O2S/c1-2-3-4-5-18-6-10-20(11-7-18)23-14-26-24(30-23)21-12-8-19(9-13-21)15-27-16-22(17-27)25(28)29/h6-14,22H,2-5,15-17H2,1H3,(H,28,29). The molecule has 1 aliphatic rings. The number of carboxylic acids is 1. The predicted molar refractivity (Wildman–Crippen MR) is 123 cm³/mol. The number of rotatable bonds is 9. The number of aliphatic carboxylic acids is 1. The zero-order chi connectivity index (χ0) is 20.9. The minimum absolute atomic E-state index is 0.205. The quantitative estimate of drug-likeness (QED) is 0.449. The largest absolute Gasteiger partial charge is 0.481 e. The lowest BCUT2D eigenvalue weighted by molar-refractivity contribution is -0.147. The van der Waals surface area contributed by atoms with Gasteiger partial charge in [0.25, 0.3) is 0 Å². The summed E-state index contributed by atoms with van der Waals surface area (Å²) in [6.45, 7) is 4.33. The van der Waals surface area contributed by atoms with E-state index in [1.54, 1.807) is 11.3 Å². The molecule has 156 valence electrons. The molecule has 0 amide bonds. The van der Waals surface area contributed by atoms with E-state index in [0.29, 0.717) is 13.1 Å². The summed E-state index contributed by atoms with van der Waals surface area (Å²) in [5.74, 6) is -0.893. The van der Waals surface area contributed by atoms with Crippen LogP contribution >= 0.6 is 11.3 Å². The van der Waals surface area contributed by atoms with Gasteiger partial charge in [0.05, 0.1) is 10.8 Å². The van der Waals surface area contributed by atoms with E-state index in [1.165, 1.54) is 40.8 Å². The summed E-state index contributed by atoms with van der Waals surface area (Å²) in [5.41, 5.74) is 4.96. The van der Waals surface area contributed by atoms with Gasteiger partial charge in [-0.2, -0.15) is 0 Å². The Morgan fingerprint density at radius 1 is 1.03 bits per heavy atom. The first-order valence-corrected chi connectivity index (χ1v) is 11.5. The number of benzene rings is 2. The number of hydrogen-bond acceptors (Lipinski definition) is 4. The van der Waals surface area contributed by atoms with Crippen LogP contribution in [0, 0.1) is 5.92 Å². The lowest BCUT2D eigenvalue weighted by Crippen LogP contribution is -2.49. The first-order valence-electron chi connectivity index (χ1n) is 10.7. The van der Waals surface area contributed by atoms with Crippen LogP contribution in [0.2, 0.25) is 0 Å². The first-order chi connectivity index (χ1) is 14.6. The lowest BCUT2D eigenvalue weighted by atomic mass is 9.99. The van der Waals surface area contributed by atoms with Crippen LogP contribution < -0.4 is 0 Å². The van der Waals surface area contributed by atoms with Crippen LogP contribution in [-0.4, -0.2) is 34.0 Å². The molecule has 0 saturated carbocycles. The van der Waals surface area contributed by atoms with Crippen LogP contribution in [0.3, 0.4) is 0 Å². The van der Waals surface area contributed by atoms with E-state index in [-0.39, 0.29) is 5.92 Å². The van der Waals surface area contributed by atoms with Gasteiger partial charge in [-0.1, -0.05) is 68.3 Å². The highest BCUT2D eigenvalue weighted by molar-refractivity contribution is 7.18. The van der Waals surface area contributed by atoms with E-state index in [0.717, 1.165) is 23.5 Å². The van der Waals surface area contributed by atoms with Crippen molar-refractivity contribution >= 4 is 17.3 Å². The van der Waals surface area contributed by atoms with Gasteiger partial charge >= 0.3 is 5.97 Å². The van der Waals surface area contributed by atoms with Crippen molar-refractivity contribution in [2.45, 2.75) is 39.2 Å². The van der Waals surface area contributed by atoms with Crippen LogP contribution in [0.4, 0.5) is 0 Å². The van der Waals surface area contributed by atoms with Gasteiger partial charge in [-0.25, -0.2) is 4.98 Å². The molecular weight excluding hydrogens is 392 g/mol. The summed E-state index contributed by atoms with van der Waals surface area (Å²) in [7, 11) is 0. The highest BCUT2D eigenvalue weighted by Crippen LogP contribution is 2.32. The molecule has 30 heavy (non-hydrogen) atoms. The lowest BCUT2D eigenvalue weighted by Gasteiger charge is -2.36. The third-order valence-electron chi connectivity index (χ3n) is 5.73. The molecule has 1 aromatic heterocycles. The fourth-order valence-electron chi connectivity index (χ4n) is 3.82. The van der Waals surface area contributed by atoms with Crippen LogP contribution in [0.1, 0.15) is 37.3 Å². The van der Waals surface area contributed by atoms with Crippen molar-refractivity contribution in [1.82, 2.24) is 9.88 Å². The maximum absolute atomic E-state index is 10.9. The highest BCUT2D eigenvalue weighted by Gasteiger charge is 2.32. The van der Waals surface area contributed by atoms with Crippen LogP contribution in [0.5, 0.6) is 0 Å². The maximum Gasteiger partial charge on any atom is 0.309 e. The van der Waals surface area contributed by atoms with Crippen molar-refractivity contribution < 1.29 is 9.90 Å². The molecule has 2 heterocycles. The van der Waals surface area contributed by atoms with Gasteiger partial charge in [0.1, 0.15) is 5.01 Å². The summed E-state index contributed by atoms with van der Waals surface area (Å²) < 4.78 is 0. The Morgan fingerprint density at radius 2 is 1.70 bits per heavy atom. The van der Waals surface area contributed by atoms with Crippen molar-refractivity contribution in [2.24, 2.45) is 5.92 Å². The molecule has 1 fully saturated rings. The minimum Gasteiger partial charge on any atom is -0.481 e. The van der Waals surface area contributed by atoms with E-state index in [2.05, 4.69) is 65.3 Å². The fraction of sp³-hybridized carbons (Fsp3) is 0.360. The second-order valence-electron chi connectivity index (χ2n) is 8.11. The van der Waals surface area contributed by atoms with Gasteiger partial charge in [0.15, 0.2) is 0 Å². The fourth-order valence-corrected chi connectivity index (χ4v) is 4.75. The van der Waals surface area contributed by atoms with E-state index in [1.807, 2.05) is 6.20 Å². The number of thiazole rings is 1. The van der Waals surface area contributed by atoms with E-state index in [4.69, 9.17) is 5.11 Å². The maximum atomic E-state index is 10.9. The molecule has 0 atom stereocenters. The van der Waals surface area contributed by atoms with E-state index in [9.17, 15) is 4.79 Å². The normalized spacial score (nSPS) is 14.6. The molecular formula is C25H28N2O2S. The monoisotopic (exact) mass is 420 g/mol. The van der Waals surface area contributed by atoms with Gasteiger partial charge in [-0.05, 0) is 29.5 Å². The van der Waals surface area contributed by atoms with Gasteiger partial charge < -0.3 is 5.11 Å². The van der Waals surface area contributed by atoms with E-state index < -0.39 is 5.97 Å². The molecule has 0 aliphatic carbocycles. The summed E-state index contributed by atoms with van der Waals surface area (Å²) in [6.07, 6.45) is 6.93. The van der Waals surface area contributed by atoms with E-state index >= 15 is 0 Å². The Labute approximate surface area is 182 Å². The van der Waals surface area contributed by atoms with Crippen molar-refractivity contribution in [2.75, 3.05) is 13.1 Å². The third-order valence-corrected chi connectivity index (χ3v) is 6.82. The molecule has 0 spiro atoms. The number of aryl methyl sites for hydroxylation is 1. The Bertz CT molecular complexity index is 973. The zero-order valence-electron chi connectivity index (χ0n) is 17.4. The SMILES string of the molecule is CCCCCc1ccc(-c2cnc(-c3ccc(CN4CC(C(=O)O)C4)cc3)s2)cc1. The predicted octanol–water partition coefficient (Wildman–Crippen LogP) is 5.73. The molecule has 0 radical (unpaired) electrons. The summed E-state index contributed by atoms with van der Waals surface area (Å²) >= 11 is 1.72. The zero-order valence-corrected chi connectivity index (χ0v) is 18.2. The first kappa shape index (κ1) is 20.8. The second kappa shape index (κ2) is 9.54. The number of aromatic nitrogens is 1. The molecule has 5 heteroatoms. The topological polar surface area (TPSA) is 53.4 Å². The molecule has 1 N–H and O–H groups in total.